The predicted octanol–water partition coefficient (Wildman–Crippen LogP) is 1.20. The molecule has 2 aromatic rings. The third-order valence-corrected chi connectivity index (χ3v) is 3.81. The van der Waals surface area contributed by atoms with Gasteiger partial charge in [-0.05, 0) is 13.8 Å². The number of benzene rings is 1. The highest BCUT2D eigenvalue weighted by Gasteiger charge is 2.15. The van der Waals surface area contributed by atoms with E-state index in [1.165, 1.54) is 11.8 Å². The number of rotatable bonds is 7. The van der Waals surface area contributed by atoms with Crippen LogP contribution in [0.1, 0.15) is 13.8 Å². The van der Waals surface area contributed by atoms with Crippen molar-refractivity contribution in [2.24, 2.45) is 0 Å². The van der Waals surface area contributed by atoms with Crippen LogP contribution in [0.15, 0.2) is 35.5 Å². The number of hydrogen-bond donors (Lipinski definition) is 3. The van der Waals surface area contributed by atoms with Gasteiger partial charge in [0.2, 0.25) is 17.0 Å². The summed E-state index contributed by atoms with van der Waals surface area (Å²) in [5.74, 6) is 0.370. The zero-order chi connectivity index (χ0) is 16.7. The van der Waals surface area contributed by atoms with Crippen LogP contribution in [0.5, 0.6) is 0 Å². The Hall–Kier alpha value is -2.35. The van der Waals surface area contributed by atoms with Crippen molar-refractivity contribution < 1.29 is 9.59 Å². The molecule has 0 saturated carbocycles. The molecule has 1 atom stereocenters. The highest BCUT2D eigenvalue weighted by Crippen LogP contribution is 2.18. The summed E-state index contributed by atoms with van der Waals surface area (Å²) in [5.41, 5.74) is 0.932. The molecule has 0 fully saturated rings. The number of aromatic nitrogens is 3. The Bertz CT molecular complexity index is 659. The summed E-state index contributed by atoms with van der Waals surface area (Å²) < 4.78 is 0. The SMILES string of the molecule is CCNC(=O)[C@H](C)NC(=O)CSc1n[nH]c(-c2ccccc2)n1. The van der Waals surface area contributed by atoms with Crippen molar-refractivity contribution in [3.63, 3.8) is 0 Å². The first-order valence-corrected chi connectivity index (χ1v) is 8.26. The first-order valence-electron chi connectivity index (χ1n) is 7.28. The summed E-state index contributed by atoms with van der Waals surface area (Å²) in [6.07, 6.45) is 0. The standard InChI is InChI=1S/C15H19N5O2S/c1-3-16-14(22)10(2)17-12(21)9-23-15-18-13(19-20-15)11-7-5-4-6-8-11/h4-8,10H,3,9H2,1-2H3,(H,16,22)(H,17,21)(H,18,19,20)/t10-/m0/s1. The van der Waals surface area contributed by atoms with Crippen LogP contribution in [-0.4, -0.2) is 45.3 Å². The van der Waals surface area contributed by atoms with Crippen molar-refractivity contribution >= 4 is 23.6 Å². The van der Waals surface area contributed by atoms with E-state index in [9.17, 15) is 9.59 Å². The van der Waals surface area contributed by atoms with Crippen molar-refractivity contribution in [3.8, 4) is 11.4 Å². The lowest BCUT2D eigenvalue weighted by Crippen LogP contribution is -2.45. The summed E-state index contributed by atoms with van der Waals surface area (Å²) in [5, 5.41) is 12.7. The molecule has 3 N–H and O–H groups in total. The van der Waals surface area contributed by atoms with Gasteiger partial charge >= 0.3 is 0 Å². The lowest BCUT2D eigenvalue weighted by molar-refractivity contribution is -0.127. The zero-order valence-electron chi connectivity index (χ0n) is 13.0. The minimum atomic E-state index is -0.560. The van der Waals surface area contributed by atoms with E-state index in [2.05, 4.69) is 25.8 Å². The highest BCUT2D eigenvalue weighted by atomic mass is 32.2. The number of amides is 2. The molecule has 8 heteroatoms. The van der Waals surface area contributed by atoms with E-state index in [4.69, 9.17) is 0 Å². The van der Waals surface area contributed by atoms with Gasteiger partial charge in [-0.2, -0.15) is 0 Å². The van der Waals surface area contributed by atoms with Crippen molar-refractivity contribution in [1.29, 1.82) is 0 Å². The Labute approximate surface area is 138 Å². The third-order valence-electron chi connectivity index (χ3n) is 2.97. The summed E-state index contributed by atoms with van der Waals surface area (Å²) in [4.78, 5) is 27.7. The van der Waals surface area contributed by atoms with E-state index in [-0.39, 0.29) is 17.6 Å². The lowest BCUT2D eigenvalue weighted by atomic mass is 10.2. The average Bonchev–Trinajstić information content (AvgIpc) is 3.03. The van der Waals surface area contributed by atoms with Crippen molar-refractivity contribution in [1.82, 2.24) is 25.8 Å². The van der Waals surface area contributed by atoms with E-state index in [0.717, 1.165) is 5.56 Å². The van der Waals surface area contributed by atoms with Crippen LogP contribution in [0, 0.1) is 0 Å². The number of aromatic amines is 1. The quantitative estimate of drug-likeness (QED) is 0.661. The van der Waals surface area contributed by atoms with Gasteiger partial charge < -0.3 is 10.6 Å². The van der Waals surface area contributed by atoms with Crippen LogP contribution < -0.4 is 10.6 Å². The largest absolute Gasteiger partial charge is 0.355 e. The molecule has 0 aliphatic carbocycles. The van der Waals surface area contributed by atoms with Gasteiger partial charge in [-0.25, -0.2) is 4.98 Å². The fourth-order valence-electron chi connectivity index (χ4n) is 1.84. The Kier molecular flexibility index (Phi) is 6.16. The molecular weight excluding hydrogens is 314 g/mol. The third kappa shape index (κ3) is 5.10. The fraction of sp³-hybridized carbons (Fsp3) is 0.333. The Morgan fingerprint density at radius 1 is 1.30 bits per heavy atom. The molecule has 2 amide bonds. The zero-order valence-corrected chi connectivity index (χ0v) is 13.8. The second-order valence-corrected chi connectivity index (χ2v) is 5.75. The number of nitrogens with one attached hydrogen (secondary N) is 3. The number of hydrogen-bond acceptors (Lipinski definition) is 5. The summed E-state index contributed by atoms with van der Waals surface area (Å²) >= 11 is 1.21. The average molecular weight is 333 g/mol. The van der Waals surface area contributed by atoms with Crippen molar-refractivity contribution in [3.05, 3.63) is 30.3 Å². The highest BCUT2D eigenvalue weighted by molar-refractivity contribution is 7.99. The number of thioether (sulfide) groups is 1. The molecule has 7 nitrogen and oxygen atoms in total. The molecule has 0 aliphatic rings. The van der Waals surface area contributed by atoms with E-state index >= 15 is 0 Å². The Balaban J connectivity index is 1.83. The number of likely N-dealkylation sites (N-methyl/N-ethyl adjacent to an activating group) is 1. The van der Waals surface area contributed by atoms with Crippen LogP contribution in [0.25, 0.3) is 11.4 Å². The molecule has 1 aromatic heterocycles. The summed E-state index contributed by atoms with van der Waals surface area (Å²) in [6.45, 7) is 4.01. The van der Waals surface area contributed by atoms with Crippen LogP contribution in [0.3, 0.4) is 0 Å². The van der Waals surface area contributed by atoms with Crippen LogP contribution in [0.2, 0.25) is 0 Å². The minimum absolute atomic E-state index is 0.149. The van der Waals surface area contributed by atoms with Gasteiger partial charge in [0, 0.05) is 12.1 Å². The molecule has 0 bridgehead atoms. The van der Waals surface area contributed by atoms with Crippen molar-refractivity contribution in [2.45, 2.75) is 25.0 Å². The molecule has 122 valence electrons. The summed E-state index contributed by atoms with van der Waals surface area (Å²) in [7, 11) is 0. The fourth-order valence-corrected chi connectivity index (χ4v) is 2.45. The van der Waals surface area contributed by atoms with Gasteiger partial charge in [-0.3, -0.25) is 14.7 Å². The molecule has 0 radical (unpaired) electrons. The maximum absolute atomic E-state index is 11.8. The molecule has 0 aliphatic heterocycles. The monoisotopic (exact) mass is 333 g/mol. The molecule has 1 heterocycles. The molecule has 23 heavy (non-hydrogen) atoms. The maximum atomic E-state index is 11.8. The van der Waals surface area contributed by atoms with Crippen molar-refractivity contribution in [2.75, 3.05) is 12.3 Å². The van der Waals surface area contributed by atoms with Crippen LogP contribution in [-0.2, 0) is 9.59 Å². The normalized spacial score (nSPS) is 11.7. The minimum Gasteiger partial charge on any atom is -0.355 e. The van der Waals surface area contributed by atoms with Gasteiger partial charge in [0.05, 0.1) is 5.75 Å². The molecule has 0 unspecified atom stereocenters. The lowest BCUT2D eigenvalue weighted by Gasteiger charge is -2.12. The van der Waals surface area contributed by atoms with Gasteiger partial charge in [0.15, 0.2) is 5.82 Å². The number of carbonyl (C=O) groups is 2. The van der Waals surface area contributed by atoms with Gasteiger partial charge in [0.25, 0.3) is 0 Å². The molecule has 0 saturated heterocycles. The van der Waals surface area contributed by atoms with Gasteiger partial charge in [0.1, 0.15) is 6.04 Å². The first kappa shape index (κ1) is 17.0. The predicted molar refractivity (Wildman–Crippen MR) is 88.8 cm³/mol. The van der Waals surface area contributed by atoms with Gasteiger partial charge in [-0.1, -0.05) is 42.1 Å². The van der Waals surface area contributed by atoms with E-state index in [1.807, 2.05) is 37.3 Å². The number of H-pyrrole nitrogens is 1. The van der Waals surface area contributed by atoms with Crippen LogP contribution in [0.4, 0.5) is 0 Å². The maximum Gasteiger partial charge on any atom is 0.242 e. The van der Waals surface area contributed by atoms with Crippen LogP contribution >= 0.6 is 11.8 Å². The Morgan fingerprint density at radius 3 is 2.74 bits per heavy atom. The van der Waals surface area contributed by atoms with Gasteiger partial charge in [-0.15, -0.1) is 5.10 Å². The number of carbonyl (C=O) groups excluding carboxylic acids is 2. The summed E-state index contributed by atoms with van der Waals surface area (Å²) in [6, 6.07) is 9.05. The first-order chi connectivity index (χ1) is 11.1. The molecule has 1 aromatic carbocycles. The smallest absolute Gasteiger partial charge is 0.242 e. The molecular formula is C15H19N5O2S. The molecule has 0 spiro atoms. The van der Waals surface area contributed by atoms with E-state index in [0.29, 0.717) is 17.5 Å². The van der Waals surface area contributed by atoms with E-state index < -0.39 is 6.04 Å². The van der Waals surface area contributed by atoms with E-state index in [1.54, 1.807) is 6.92 Å². The number of nitrogens with zero attached hydrogens (tertiary/aromatic N) is 2. The molecule has 2 rings (SSSR count). The second kappa shape index (κ2) is 8.33. The second-order valence-electron chi connectivity index (χ2n) is 4.81. The Morgan fingerprint density at radius 2 is 2.04 bits per heavy atom. The topological polar surface area (TPSA) is 99.8 Å².